The van der Waals surface area contributed by atoms with Gasteiger partial charge in [0.05, 0.1) is 0 Å². The predicted octanol–water partition coefficient (Wildman–Crippen LogP) is -0.373. The van der Waals surface area contributed by atoms with Gasteiger partial charge in [0.15, 0.2) is 0 Å². The third kappa shape index (κ3) is 1.15. The SMILES string of the molecule is O=Cc1cn[n]([Tl])c1. The molecule has 0 saturated heterocycles. The minimum atomic E-state index is 0.660. The Morgan fingerprint density at radius 2 is 2.62 bits per heavy atom. The van der Waals surface area contributed by atoms with Gasteiger partial charge in [0.25, 0.3) is 0 Å². The van der Waals surface area contributed by atoms with Crippen LogP contribution < -0.4 is 0 Å². The van der Waals surface area contributed by atoms with E-state index in [2.05, 4.69) is 5.10 Å². The van der Waals surface area contributed by atoms with Crippen molar-refractivity contribution in [1.29, 1.82) is 0 Å². The van der Waals surface area contributed by atoms with Gasteiger partial charge >= 0.3 is 62.7 Å². The second-order valence-electron chi connectivity index (χ2n) is 1.37. The van der Waals surface area contributed by atoms with Gasteiger partial charge in [0.2, 0.25) is 0 Å². The van der Waals surface area contributed by atoms with Gasteiger partial charge in [0.1, 0.15) is 0 Å². The fourth-order valence-electron chi connectivity index (χ4n) is 0.414. The molecule has 0 fully saturated rings. The maximum atomic E-state index is 9.98. The number of rotatable bonds is 1. The first-order valence-electron chi connectivity index (χ1n) is 2.08. The van der Waals surface area contributed by atoms with E-state index >= 15 is 0 Å². The van der Waals surface area contributed by atoms with Crippen LogP contribution in [0, 0.1) is 0 Å². The molecule has 0 amide bonds. The molecule has 0 spiro atoms. The van der Waals surface area contributed by atoms with Crippen molar-refractivity contribution in [3.63, 3.8) is 0 Å². The van der Waals surface area contributed by atoms with Gasteiger partial charge in [-0.15, -0.1) is 0 Å². The molecule has 0 radical (unpaired) electrons. The van der Waals surface area contributed by atoms with Crippen LogP contribution in [0.2, 0.25) is 0 Å². The van der Waals surface area contributed by atoms with E-state index in [9.17, 15) is 4.79 Å². The summed E-state index contributed by atoms with van der Waals surface area (Å²) >= 11 is 0.661. The third-order valence-corrected chi connectivity index (χ3v) is 1.86. The Balaban J connectivity index is 3.00. The molecule has 0 bridgehead atoms. The Labute approximate surface area is 62.8 Å². The normalized spacial score (nSPS) is 8.88. The molecule has 0 unspecified atom stereocenters. The van der Waals surface area contributed by atoms with Crippen molar-refractivity contribution in [1.82, 2.24) is 7.59 Å². The number of nitrogens with zero attached hydrogens (tertiary/aromatic N) is 2. The van der Waals surface area contributed by atoms with Crippen LogP contribution in [0.5, 0.6) is 0 Å². The fourth-order valence-corrected chi connectivity index (χ4v) is 1.34. The molecule has 0 aliphatic heterocycles. The van der Waals surface area contributed by atoms with Crippen LogP contribution in [0.3, 0.4) is 0 Å². The second-order valence-corrected chi connectivity index (χ2v) is 3.43. The van der Waals surface area contributed by atoms with Crippen molar-refractivity contribution in [2.45, 2.75) is 0 Å². The van der Waals surface area contributed by atoms with Crippen LogP contribution in [0.15, 0.2) is 12.4 Å². The molecule has 0 aliphatic rings. The first kappa shape index (κ1) is 5.93. The Morgan fingerprint density at radius 3 is 2.88 bits per heavy atom. The fraction of sp³-hybridized carbons (Fsp3) is 0. The van der Waals surface area contributed by atoms with Gasteiger partial charge < -0.3 is 0 Å². The van der Waals surface area contributed by atoms with E-state index in [1.807, 2.05) is 0 Å². The van der Waals surface area contributed by atoms with E-state index in [1.165, 1.54) is 0 Å². The summed E-state index contributed by atoms with van der Waals surface area (Å²) in [5.41, 5.74) is 0.660. The van der Waals surface area contributed by atoms with Crippen molar-refractivity contribution < 1.29 is 4.79 Å². The first-order valence-corrected chi connectivity index (χ1v) is 4.08. The predicted molar refractivity (Wildman–Crippen MR) is 28.8 cm³/mol. The summed E-state index contributed by atoms with van der Waals surface area (Å²) in [7, 11) is 0. The summed E-state index contributed by atoms with van der Waals surface area (Å²) in [5, 5.41) is 3.85. The van der Waals surface area contributed by atoms with Crippen LogP contribution in [-0.2, 0) is 0 Å². The van der Waals surface area contributed by atoms with Gasteiger partial charge in [-0.25, -0.2) is 0 Å². The molecule has 0 aliphatic carbocycles. The number of aldehydes is 1. The molecule has 0 atom stereocenters. The van der Waals surface area contributed by atoms with Crippen LogP contribution in [-0.4, -0.2) is 39.9 Å². The number of aromatic nitrogens is 2. The summed E-state index contributed by atoms with van der Waals surface area (Å²) in [5.74, 6) is 0. The molecule has 1 heterocycles. The third-order valence-electron chi connectivity index (χ3n) is 0.758. The number of hydrogen-bond acceptors (Lipinski definition) is 2. The molecule has 0 saturated carbocycles. The van der Waals surface area contributed by atoms with Gasteiger partial charge in [-0.05, 0) is 0 Å². The number of hydrogen-bond donors (Lipinski definition) is 0. The zero-order chi connectivity index (χ0) is 5.98. The minimum absolute atomic E-state index is 0.660. The van der Waals surface area contributed by atoms with Crippen molar-refractivity contribution in [3.8, 4) is 0 Å². The van der Waals surface area contributed by atoms with Crippen molar-refractivity contribution in [3.05, 3.63) is 18.0 Å². The van der Waals surface area contributed by atoms with Crippen molar-refractivity contribution in [2.75, 3.05) is 0 Å². The first-order chi connectivity index (χ1) is 3.83. The molecular formula is C4H3N2OTl. The molecule has 1 rings (SSSR count). The zero-order valence-electron chi connectivity index (χ0n) is 4.11. The zero-order valence-corrected chi connectivity index (χ0v) is 8.60. The summed E-state index contributed by atoms with van der Waals surface area (Å²) in [4.78, 5) is 9.98. The summed E-state index contributed by atoms with van der Waals surface area (Å²) in [6, 6.07) is 0. The molecule has 8 heavy (non-hydrogen) atoms. The molecule has 1 aromatic rings. The van der Waals surface area contributed by atoms with E-state index in [0.29, 0.717) is 31.6 Å². The topological polar surface area (TPSA) is 34.9 Å². The van der Waals surface area contributed by atoms with Crippen LogP contribution in [0.1, 0.15) is 10.4 Å². The summed E-state index contributed by atoms with van der Waals surface area (Å²) in [6.45, 7) is 0. The van der Waals surface area contributed by atoms with E-state index in [0.717, 1.165) is 6.29 Å². The average Bonchev–Trinajstić information content (AvgIpc) is 2.14. The summed E-state index contributed by atoms with van der Waals surface area (Å²) in [6.07, 6.45) is 4.09. The van der Waals surface area contributed by atoms with Crippen molar-refractivity contribution in [2.24, 2.45) is 0 Å². The molecular weight excluding hydrogens is 296 g/mol. The maximum absolute atomic E-state index is 9.98. The molecule has 0 N–H and O–H groups in total. The quantitative estimate of drug-likeness (QED) is 0.524. The van der Waals surface area contributed by atoms with Gasteiger partial charge in [-0.2, -0.15) is 0 Å². The number of carbonyl (C=O) groups is 1. The molecule has 38 valence electrons. The van der Waals surface area contributed by atoms with Crippen LogP contribution >= 0.6 is 0 Å². The Morgan fingerprint density at radius 1 is 1.88 bits per heavy atom. The van der Waals surface area contributed by atoms with Gasteiger partial charge in [0, 0.05) is 0 Å². The summed E-state index contributed by atoms with van der Waals surface area (Å²) < 4.78 is 1.75. The molecule has 4 heteroatoms. The second kappa shape index (κ2) is 2.38. The monoisotopic (exact) mass is 300 g/mol. The van der Waals surface area contributed by atoms with E-state index < -0.39 is 0 Å². The Hall–Kier alpha value is -0.198. The molecule has 1 aromatic heterocycles. The van der Waals surface area contributed by atoms with E-state index in [1.54, 1.807) is 14.9 Å². The van der Waals surface area contributed by atoms with Gasteiger partial charge in [-0.3, -0.25) is 0 Å². The van der Waals surface area contributed by atoms with E-state index in [4.69, 9.17) is 0 Å². The standard InChI is InChI=1S/C4H4N2O.Tl/c7-3-4-1-5-6-2-4;/h1-3H,(H,5,6,7);/q;+1/p-1. The molecule has 0 aromatic carbocycles. The van der Waals surface area contributed by atoms with E-state index in [-0.39, 0.29) is 0 Å². The Bertz CT molecular complexity index is 196. The van der Waals surface area contributed by atoms with Crippen LogP contribution in [0.25, 0.3) is 0 Å². The Kier molecular flexibility index (Phi) is 1.77. The van der Waals surface area contributed by atoms with Gasteiger partial charge in [-0.1, -0.05) is 0 Å². The molecule has 3 nitrogen and oxygen atoms in total. The average molecular weight is 299 g/mol. The van der Waals surface area contributed by atoms with Crippen LogP contribution in [0.4, 0.5) is 0 Å². The number of carbonyl (C=O) groups excluding carboxylic acids is 1. The van der Waals surface area contributed by atoms with Crippen molar-refractivity contribution >= 4 is 32.4 Å².